The zero-order chi connectivity index (χ0) is 22.2. The van der Waals surface area contributed by atoms with E-state index in [0.717, 1.165) is 54.5 Å². The smallest absolute Gasteiger partial charge is 0.341 e. The summed E-state index contributed by atoms with van der Waals surface area (Å²) in [5.74, 6) is -2.24. The van der Waals surface area contributed by atoms with Gasteiger partial charge in [-0.3, -0.25) is 9.59 Å². The molecule has 1 aromatic carbocycles. The number of nitrogens with one attached hydrogen (secondary N) is 2. The van der Waals surface area contributed by atoms with Crippen LogP contribution in [0, 0.1) is 0 Å². The Hall–Kier alpha value is -3.00. The first-order valence-electron chi connectivity index (χ1n) is 10.6. The van der Waals surface area contributed by atoms with Crippen LogP contribution in [0.3, 0.4) is 0 Å². The van der Waals surface area contributed by atoms with Crippen LogP contribution >= 0.6 is 11.3 Å². The van der Waals surface area contributed by atoms with Gasteiger partial charge in [-0.2, -0.15) is 5.10 Å². The molecule has 2 N–H and O–H groups in total. The van der Waals surface area contributed by atoms with E-state index in [0.29, 0.717) is 10.6 Å². The summed E-state index contributed by atoms with van der Waals surface area (Å²) in [4.78, 5) is 38.2. The highest BCUT2D eigenvalue weighted by Crippen LogP contribution is 2.38. The first kappa shape index (κ1) is 22.7. The van der Waals surface area contributed by atoms with Crippen molar-refractivity contribution in [3.8, 4) is 0 Å². The standard InChI is InChI=1S/C23H27N3O4S/c1-3-15-10-12-16(13-11-15)14-24-26-21(28)20(27)25-22-19(23(29)30-4-2)17-8-6-5-7-9-18(17)31-22/h10-14H,3-9H2,1-2H3,(H,25,27)(H,26,28)/b24-14+. The summed E-state index contributed by atoms with van der Waals surface area (Å²) >= 11 is 1.35. The third-order valence-corrected chi connectivity index (χ3v) is 6.31. The van der Waals surface area contributed by atoms with Crippen molar-refractivity contribution in [2.45, 2.75) is 52.4 Å². The zero-order valence-corrected chi connectivity index (χ0v) is 18.6. The van der Waals surface area contributed by atoms with E-state index < -0.39 is 17.8 Å². The van der Waals surface area contributed by atoms with E-state index in [9.17, 15) is 14.4 Å². The molecule has 1 aliphatic rings. The number of carbonyl (C=O) groups excluding carboxylic acids is 3. The predicted molar refractivity (Wildman–Crippen MR) is 122 cm³/mol. The van der Waals surface area contributed by atoms with Gasteiger partial charge in [0, 0.05) is 4.88 Å². The van der Waals surface area contributed by atoms with Crippen molar-refractivity contribution >= 4 is 40.3 Å². The maximum absolute atomic E-state index is 12.5. The highest BCUT2D eigenvalue weighted by atomic mass is 32.1. The Labute approximate surface area is 185 Å². The van der Waals surface area contributed by atoms with Gasteiger partial charge in [0.15, 0.2) is 0 Å². The van der Waals surface area contributed by atoms with Crippen LogP contribution < -0.4 is 10.7 Å². The van der Waals surface area contributed by atoms with Gasteiger partial charge >= 0.3 is 17.8 Å². The first-order valence-corrected chi connectivity index (χ1v) is 11.4. The van der Waals surface area contributed by atoms with E-state index in [1.807, 2.05) is 24.3 Å². The lowest BCUT2D eigenvalue weighted by molar-refractivity contribution is -0.136. The number of nitrogens with zero attached hydrogens (tertiary/aromatic N) is 1. The SMILES string of the molecule is CCOC(=O)c1c(NC(=O)C(=O)N/N=C/c2ccc(CC)cc2)sc2c1CCCCC2. The highest BCUT2D eigenvalue weighted by Gasteiger charge is 2.27. The van der Waals surface area contributed by atoms with Gasteiger partial charge in [0.25, 0.3) is 0 Å². The molecule has 1 heterocycles. The molecule has 0 bridgehead atoms. The summed E-state index contributed by atoms with van der Waals surface area (Å²) in [5.41, 5.74) is 5.56. The molecular formula is C23H27N3O4S. The van der Waals surface area contributed by atoms with Crippen LogP contribution in [0.4, 0.5) is 5.00 Å². The Morgan fingerprint density at radius 2 is 1.81 bits per heavy atom. The lowest BCUT2D eigenvalue weighted by Gasteiger charge is -2.08. The topological polar surface area (TPSA) is 96.9 Å². The number of aryl methyl sites for hydroxylation is 2. The van der Waals surface area contributed by atoms with E-state index >= 15 is 0 Å². The van der Waals surface area contributed by atoms with Crippen LogP contribution in [-0.4, -0.2) is 30.6 Å². The van der Waals surface area contributed by atoms with Gasteiger partial charge < -0.3 is 10.1 Å². The normalized spacial score (nSPS) is 13.4. The van der Waals surface area contributed by atoms with E-state index in [1.165, 1.54) is 23.1 Å². The lowest BCUT2D eigenvalue weighted by atomic mass is 10.1. The maximum Gasteiger partial charge on any atom is 0.341 e. The van der Waals surface area contributed by atoms with Crippen molar-refractivity contribution in [1.29, 1.82) is 0 Å². The number of hydrogen-bond donors (Lipinski definition) is 2. The molecule has 0 saturated carbocycles. The molecule has 0 unspecified atom stereocenters. The van der Waals surface area contributed by atoms with E-state index in [-0.39, 0.29) is 6.61 Å². The van der Waals surface area contributed by atoms with Crippen molar-refractivity contribution in [2.24, 2.45) is 5.10 Å². The fourth-order valence-corrected chi connectivity index (χ4v) is 4.74. The van der Waals surface area contributed by atoms with Crippen LogP contribution in [0.25, 0.3) is 0 Å². The number of ether oxygens (including phenoxy) is 1. The third-order valence-electron chi connectivity index (χ3n) is 5.10. The first-order chi connectivity index (χ1) is 15.0. The minimum atomic E-state index is -0.903. The van der Waals surface area contributed by atoms with Crippen molar-refractivity contribution in [3.63, 3.8) is 0 Å². The Balaban J connectivity index is 1.69. The monoisotopic (exact) mass is 441 g/mol. The lowest BCUT2D eigenvalue weighted by Crippen LogP contribution is -2.32. The summed E-state index contributed by atoms with van der Waals surface area (Å²) < 4.78 is 5.20. The number of anilines is 1. The summed E-state index contributed by atoms with van der Waals surface area (Å²) in [6, 6.07) is 7.74. The minimum absolute atomic E-state index is 0.241. The number of fused-ring (bicyclic) bond motifs is 1. The number of benzene rings is 1. The second-order valence-corrected chi connectivity index (χ2v) is 8.34. The fraction of sp³-hybridized carbons (Fsp3) is 0.391. The van der Waals surface area contributed by atoms with Gasteiger partial charge in [-0.1, -0.05) is 37.6 Å². The molecular weight excluding hydrogens is 414 g/mol. The Kier molecular flexibility index (Phi) is 7.94. The van der Waals surface area contributed by atoms with Crippen LogP contribution in [0.2, 0.25) is 0 Å². The van der Waals surface area contributed by atoms with Gasteiger partial charge in [-0.05, 0) is 55.7 Å². The number of esters is 1. The summed E-state index contributed by atoms with van der Waals surface area (Å²) in [6.45, 7) is 4.05. The number of thiophene rings is 1. The molecule has 0 saturated heterocycles. The number of rotatable bonds is 6. The maximum atomic E-state index is 12.5. The molecule has 7 nitrogen and oxygen atoms in total. The minimum Gasteiger partial charge on any atom is -0.462 e. The molecule has 2 aromatic rings. The molecule has 0 atom stereocenters. The molecule has 0 spiro atoms. The van der Waals surface area contributed by atoms with E-state index in [4.69, 9.17) is 4.74 Å². The second kappa shape index (κ2) is 10.9. The molecule has 3 rings (SSSR count). The van der Waals surface area contributed by atoms with Gasteiger partial charge in [0.2, 0.25) is 0 Å². The largest absolute Gasteiger partial charge is 0.462 e. The van der Waals surface area contributed by atoms with Crippen molar-refractivity contribution in [3.05, 3.63) is 51.4 Å². The van der Waals surface area contributed by atoms with Gasteiger partial charge in [0.05, 0.1) is 18.4 Å². The van der Waals surface area contributed by atoms with Gasteiger partial charge in [-0.15, -0.1) is 11.3 Å². The van der Waals surface area contributed by atoms with Crippen LogP contribution in [0.5, 0.6) is 0 Å². The molecule has 164 valence electrons. The zero-order valence-electron chi connectivity index (χ0n) is 17.8. The van der Waals surface area contributed by atoms with Crippen molar-refractivity contribution in [1.82, 2.24) is 5.43 Å². The second-order valence-electron chi connectivity index (χ2n) is 7.24. The Morgan fingerprint density at radius 1 is 1.06 bits per heavy atom. The quantitative estimate of drug-likeness (QED) is 0.234. The molecule has 2 amide bonds. The Bertz CT molecular complexity index is 979. The number of amides is 2. The summed E-state index contributed by atoms with van der Waals surface area (Å²) in [7, 11) is 0. The molecule has 0 aliphatic heterocycles. The van der Waals surface area contributed by atoms with Gasteiger partial charge in [-0.25, -0.2) is 10.2 Å². The van der Waals surface area contributed by atoms with Gasteiger partial charge in [0.1, 0.15) is 5.00 Å². The molecule has 1 aromatic heterocycles. The highest BCUT2D eigenvalue weighted by molar-refractivity contribution is 7.17. The molecule has 0 radical (unpaired) electrons. The van der Waals surface area contributed by atoms with Crippen LogP contribution in [0.1, 0.15) is 65.0 Å². The summed E-state index contributed by atoms with van der Waals surface area (Å²) in [5, 5.41) is 6.80. The van der Waals surface area contributed by atoms with Crippen molar-refractivity contribution in [2.75, 3.05) is 11.9 Å². The third kappa shape index (κ3) is 5.79. The molecule has 31 heavy (non-hydrogen) atoms. The van der Waals surface area contributed by atoms with Crippen LogP contribution in [-0.2, 0) is 33.6 Å². The van der Waals surface area contributed by atoms with E-state index in [2.05, 4.69) is 22.8 Å². The Morgan fingerprint density at radius 3 is 2.52 bits per heavy atom. The molecule has 8 heteroatoms. The summed E-state index contributed by atoms with van der Waals surface area (Å²) in [6.07, 6.45) is 7.16. The fourth-order valence-electron chi connectivity index (χ4n) is 3.47. The average molecular weight is 442 g/mol. The predicted octanol–water partition coefficient (Wildman–Crippen LogP) is 3.84. The van der Waals surface area contributed by atoms with E-state index in [1.54, 1.807) is 6.92 Å². The number of hydrogen-bond acceptors (Lipinski definition) is 6. The molecule has 0 fully saturated rings. The van der Waals surface area contributed by atoms with Crippen molar-refractivity contribution < 1.29 is 19.1 Å². The van der Waals surface area contributed by atoms with Crippen LogP contribution in [0.15, 0.2) is 29.4 Å². The number of carbonyl (C=O) groups is 3. The number of hydrazone groups is 1. The molecule has 1 aliphatic carbocycles. The average Bonchev–Trinajstić information content (AvgIpc) is 2.94.